The lowest BCUT2D eigenvalue weighted by atomic mass is 10.1. The first kappa shape index (κ1) is 10.1. The predicted molar refractivity (Wildman–Crippen MR) is 63.8 cm³/mol. The lowest BCUT2D eigenvalue weighted by molar-refractivity contribution is 0.702. The van der Waals surface area contributed by atoms with Crippen LogP contribution in [0.3, 0.4) is 0 Å². The summed E-state index contributed by atoms with van der Waals surface area (Å²) >= 11 is 0. The molecular weight excluding hydrogens is 184 g/mol. The van der Waals surface area contributed by atoms with Crippen molar-refractivity contribution >= 4 is 5.69 Å². The first-order valence-electron chi connectivity index (χ1n) is 5.40. The van der Waals surface area contributed by atoms with Crippen LogP contribution in [-0.4, -0.2) is 13.1 Å². The average Bonchev–Trinajstić information content (AvgIpc) is 2.73. The van der Waals surface area contributed by atoms with E-state index in [4.69, 9.17) is 6.42 Å². The van der Waals surface area contributed by atoms with E-state index in [0.29, 0.717) is 0 Å². The van der Waals surface area contributed by atoms with E-state index in [-0.39, 0.29) is 0 Å². The highest BCUT2D eigenvalue weighted by molar-refractivity contribution is 5.61. The van der Waals surface area contributed by atoms with E-state index in [9.17, 15) is 0 Å². The number of hydrogen-bond donors (Lipinski definition) is 2. The Morgan fingerprint density at radius 3 is 3.27 bits per heavy atom. The summed E-state index contributed by atoms with van der Waals surface area (Å²) in [7, 11) is 0. The Labute approximate surface area is 91.1 Å². The monoisotopic (exact) mass is 200 g/mol. The Kier molecular flexibility index (Phi) is 3.26. The Balaban J connectivity index is 1.97. The molecule has 0 radical (unpaired) electrons. The summed E-state index contributed by atoms with van der Waals surface area (Å²) < 4.78 is 0. The molecule has 1 aliphatic heterocycles. The molecule has 2 rings (SSSR count). The van der Waals surface area contributed by atoms with Crippen LogP contribution in [0.2, 0.25) is 0 Å². The maximum atomic E-state index is 5.20. The Bertz CT molecular complexity index is 377. The maximum absolute atomic E-state index is 5.20. The van der Waals surface area contributed by atoms with Gasteiger partial charge >= 0.3 is 0 Å². The molecular formula is C13H16N2. The largest absolute Gasteiger partial charge is 0.384 e. The molecule has 1 heterocycles. The fourth-order valence-electron chi connectivity index (χ4n) is 1.94. The second-order valence-corrected chi connectivity index (χ2v) is 3.76. The number of terminal acetylenes is 1. The van der Waals surface area contributed by atoms with Crippen LogP contribution < -0.4 is 10.6 Å². The molecule has 0 amide bonds. The second kappa shape index (κ2) is 4.86. The van der Waals surface area contributed by atoms with Crippen molar-refractivity contribution in [2.24, 2.45) is 0 Å². The van der Waals surface area contributed by atoms with Crippen LogP contribution >= 0.6 is 0 Å². The number of benzene rings is 1. The number of hydrogen-bond acceptors (Lipinski definition) is 2. The number of anilines is 1. The Hall–Kier alpha value is -1.46. The summed E-state index contributed by atoms with van der Waals surface area (Å²) in [5, 5.41) is 6.78. The van der Waals surface area contributed by atoms with Crippen molar-refractivity contribution in [2.75, 3.05) is 18.4 Å². The van der Waals surface area contributed by atoms with Gasteiger partial charge in [-0.15, -0.1) is 12.3 Å². The van der Waals surface area contributed by atoms with Crippen molar-refractivity contribution in [3.05, 3.63) is 29.3 Å². The zero-order chi connectivity index (χ0) is 10.5. The van der Waals surface area contributed by atoms with E-state index < -0.39 is 0 Å². The molecule has 0 aromatic heterocycles. The van der Waals surface area contributed by atoms with Gasteiger partial charge in [0.15, 0.2) is 0 Å². The predicted octanol–water partition coefficient (Wildman–Crippen LogP) is 1.77. The number of nitrogens with one attached hydrogen (secondary N) is 2. The van der Waals surface area contributed by atoms with Gasteiger partial charge in [0, 0.05) is 31.7 Å². The fraction of sp³-hybridized carbons (Fsp3) is 0.385. The summed E-state index contributed by atoms with van der Waals surface area (Å²) in [4.78, 5) is 0. The molecule has 2 N–H and O–H groups in total. The van der Waals surface area contributed by atoms with E-state index >= 15 is 0 Å². The zero-order valence-electron chi connectivity index (χ0n) is 8.84. The van der Waals surface area contributed by atoms with E-state index in [1.165, 1.54) is 16.8 Å². The molecule has 78 valence electrons. The van der Waals surface area contributed by atoms with Gasteiger partial charge in [0.25, 0.3) is 0 Å². The van der Waals surface area contributed by atoms with Gasteiger partial charge in [0.2, 0.25) is 0 Å². The van der Waals surface area contributed by atoms with Gasteiger partial charge < -0.3 is 10.6 Å². The smallest absolute Gasteiger partial charge is 0.0419 e. The van der Waals surface area contributed by atoms with Crippen LogP contribution in [0.25, 0.3) is 0 Å². The molecule has 0 unspecified atom stereocenters. The molecule has 15 heavy (non-hydrogen) atoms. The minimum absolute atomic E-state index is 0.794. The Morgan fingerprint density at radius 1 is 1.47 bits per heavy atom. The SMILES string of the molecule is C#CCCNCc1cccc2c1NCC2. The molecule has 1 aliphatic rings. The normalized spacial score (nSPS) is 13.0. The second-order valence-electron chi connectivity index (χ2n) is 3.76. The van der Waals surface area contributed by atoms with E-state index in [0.717, 1.165) is 32.5 Å². The maximum Gasteiger partial charge on any atom is 0.0419 e. The minimum atomic E-state index is 0.794. The third-order valence-electron chi connectivity index (χ3n) is 2.69. The summed E-state index contributed by atoms with van der Waals surface area (Å²) in [6.07, 6.45) is 7.14. The van der Waals surface area contributed by atoms with Gasteiger partial charge in [-0.1, -0.05) is 18.2 Å². The molecule has 1 aromatic rings. The lowest BCUT2D eigenvalue weighted by Gasteiger charge is -2.09. The standard InChI is InChI=1S/C13H16N2/c1-2-3-8-14-10-12-6-4-5-11-7-9-15-13(11)12/h1,4-6,14-15H,3,7-10H2. The molecule has 0 atom stereocenters. The molecule has 0 fully saturated rings. The van der Waals surface area contributed by atoms with Crippen molar-refractivity contribution in [1.29, 1.82) is 0 Å². The van der Waals surface area contributed by atoms with Crippen molar-refractivity contribution in [3.8, 4) is 12.3 Å². The molecule has 0 aliphatic carbocycles. The lowest BCUT2D eigenvalue weighted by Crippen LogP contribution is -2.15. The van der Waals surface area contributed by atoms with Crippen molar-refractivity contribution < 1.29 is 0 Å². The third kappa shape index (κ3) is 2.31. The van der Waals surface area contributed by atoms with Gasteiger partial charge in [0.05, 0.1) is 0 Å². The van der Waals surface area contributed by atoms with Crippen molar-refractivity contribution in [1.82, 2.24) is 5.32 Å². The number of rotatable bonds is 4. The summed E-state index contributed by atoms with van der Waals surface area (Å²) in [5.74, 6) is 2.63. The molecule has 2 heteroatoms. The fourth-order valence-corrected chi connectivity index (χ4v) is 1.94. The number of para-hydroxylation sites is 1. The van der Waals surface area contributed by atoms with E-state index in [1.54, 1.807) is 0 Å². The minimum Gasteiger partial charge on any atom is -0.384 e. The Morgan fingerprint density at radius 2 is 2.40 bits per heavy atom. The van der Waals surface area contributed by atoms with E-state index in [2.05, 4.69) is 34.8 Å². The molecule has 0 spiro atoms. The van der Waals surface area contributed by atoms with Gasteiger partial charge in [-0.05, 0) is 17.5 Å². The van der Waals surface area contributed by atoms with Crippen molar-refractivity contribution in [3.63, 3.8) is 0 Å². The van der Waals surface area contributed by atoms with Crippen LogP contribution in [0.15, 0.2) is 18.2 Å². The van der Waals surface area contributed by atoms with Gasteiger partial charge in [-0.2, -0.15) is 0 Å². The van der Waals surface area contributed by atoms with Gasteiger partial charge in [-0.25, -0.2) is 0 Å². The molecule has 0 bridgehead atoms. The van der Waals surface area contributed by atoms with Crippen LogP contribution in [0.4, 0.5) is 5.69 Å². The molecule has 0 saturated carbocycles. The highest BCUT2D eigenvalue weighted by Crippen LogP contribution is 2.25. The molecule has 2 nitrogen and oxygen atoms in total. The quantitative estimate of drug-likeness (QED) is 0.572. The van der Waals surface area contributed by atoms with Crippen LogP contribution in [0.1, 0.15) is 17.5 Å². The molecule has 1 aromatic carbocycles. The zero-order valence-corrected chi connectivity index (χ0v) is 8.84. The first-order valence-corrected chi connectivity index (χ1v) is 5.40. The summed E-state index contributed by atoms with van der Waals surface area (Å²) in [6.45, 7) is 2.86. The highest BCUT2D eigenvalue weighted by atomic mass is 14.9. The van der Waals surface area contributed by atoms with Gasteiger partial charge in [-0.3, -0.25) is 0 Å². The van der Waals surface area contributed by atoms with Crippen molar-refractivity contribution in [2.45, 2.75) is 19.4 Å². The molecule has 0 saturated heterocycles. The highest BCUT2D eigenvalue weighted by Gasteiger charge is 2.12. The average molecular weight is 200 g/mol. The number of fused-ring (bicyclic) bond motifs is 1. The van der Waals surface area contributed by atoms with Crippen LogP contribution in [0, 0.1) is 12.3 Å². The summed E-state index contributed by atoms with van der Waals surface area (Å²) in [6, 6.07) is 6.49. The topological polar surface area (TPSA) is 24.1 Å². The van der Waals surface area contributed by atoms with Crippen LogP contribution in [-0.2, 0) is 13.0 Å². The third-order valence-corrected chi connectivity index (χ3v) is 2.69. The summed E-state index contributed by atoms with van der Waals surface area (Å²) in [5.41, 5.74) is 4.11. The first-order chi connectivity index (χ1) is 7.42. The van der Waals surface area contributed by atoms with E-state index in [1.807, 2.05) is 0 Å². The van der Waals surface area contributed by atoms with Gasteiger partial charge in [0.1, 0.15) is 0 Å². The van der Waals surface area contributed by atoms with Crippen LogP contribution in [0.5, 0.6) is 0 Å².